The van der Waals surface area contributed by atoms with Crippen molar-refractivity contribution in [3.05, 3.63) is 84.8 Å². The first-order valence-corrected chi connectivity index (χ1v) is 10.9. The van der Waals surface area contributed by atoms with Crippen LogP contribution >= 0.6 is 0 Å². The van der Waals surface area contributed by atoms with Crippen LogP contribution in [0.15, 0.2) is 84.2 Å². The molecule has 0 saturated carbocycles. The summed E-state index contributed by atoms with van der Waals surface area (Å²) in [6.45, 7) is 0. The second-order valence-electron chi connectivity index (χ2n) is 6.63. The number of imidazole rings is 1. The molecule has 156 valence electrons. The third-order valence-electron chi connectivity index (χ3n) is 4.57. The van der Waals surface area contributed by atoms with E-state index in [-0.39, 0.29) is 10.8 Å². The molecule has 0 atom stereocenters. The topological polar surface area (TPSA) is 105 Å². The molecule has 4 rings (SSSR count). The van der Waals surface area contributed by atoms with Crippen molar-refractivity contribution >= 4 is 33.5 Å². The molecule has 0 unspecified atom stereocenters. The number of anilines is 1. The van der Waals surface area contributed by atoms with Gasteiger partial charge in [0.15, 0.2) is 0 Å². The van der Waals surface area contributed by atoms with Gasteiger partial charge in [0.1, 0.15) is 0 Å². The fraction of sp³-hybridized carbons (Fsp3) is 0.0455. The fourth-order valence-corrected chi connectivity index (χ4v) is 3.66. The van der Waals surface area contributed by atoms with Gasteiger partial charge < -0.3 is 5.32 Å². The zero-order chi connectivity index (χ0) is 21.8. The summed E-state index contributed by atoms with van der Waals surface area (Å²) in [7, 11) is -2.13. The first-order valence-electron chi connectivity index (χ1n) is 9.37. The molecule has 8 nitrogen and oxygen atoms in total. The number of rotatable bonds is 6. The Kier molecular flexibility index (Phi) is 5.61. The summed E-state index contributed by atoms with van der Waals surface area (Å²) in [5, 5.41) is 2.79. The number of benzene rings is 2. The van der Waals surface area contributed by atoms with Crippen molar-refractivity contribution in [3.8, 4) is 11.3 Å². The van der Waals surface area contributed by atoms with Crippen molar-refractivity contribution in [3.63, 3.8) is 0 Å². The predicted octanol–water partition coefficient (Wildman–Crippen LogP) is 2.96. The maximum absolute atomic E-state index is 12.2. The van der Waals surface area contributed by atoms with Crippen LogP contribution in [0.25, 0.3) is 23.1 Å². The van der Waals surface area contributed by atoms with Gasteiger partial charge in [0.2, 0.25) is 21.7 Å². The van der Waals surface area contributed by atoms with Crippen molar-refractivity contribution in [2.45, 2.75) is 4.90 Å². The minimum absolute atomic E-state index is 0.165. The first-order chi connectivity index (χ1) is 14.9. The van der Waals surface area contributed by atoms with E-state index in [1.807, 2.05) is 35.0 Å². The number of hydrogen-bond acceptors (Lipinski definition) is 5. The van der Waals surface area contributed by atoms with E-state index in [1.54, 1.807) is 36.5 Å². The van der Waals surface area contributed by atoms with Gasteiger partial charge in [0, 0.05) is 35.9 Å². The van der Waals surface area contributed by atoms with E-state index >= 15 is 0 Å². The number of amides is 1. The predicted molar refractivity (Wildman–Crippen MR) is 119 cm³/mol. The lowest BCUT2D eigenvalue weighted by Gasteiger charge is -2.04. The molecule has 0 aliphatic heterocycles. The van der Waals surface area contributed by atoms with E-state index in [9.17, 15) is 13.2 Å². The van der Waals surface area contributed by atoms with Gasteiger partial charge in [-0.25, -0.2) is 23.1 Å². The molecule has 0 fully saturated rings. The molecule has 9 heteroatoms. The molecule has 2 heterocycles. The fourth-order valence-electron chi connectivity index (χ4n) is 2.93. The van der Waals surface area contributed by atoms with E-state index in [2.05, 4.69) is 20.0 Å². The maximum Gasteiger partial charge on any atom is 0.248 e. The second kappa shape index (κ2) is 8.50. The Hall–Kier alpha value is -3.82. The highest BCUT2D eigenvalue weighted by molar-refractivity contribution is 7.89. The SMILES string of the molecule is CNS(=O)(=O)c1ccc(/C=C/C(=O)Nc2ccc(-c3cn4cccnc4n3)cc2)cc1. The Bertz CT molecular complexity index is 1330. The van der Waals surface area contributed by atoms with Crippen LogP contribution < -0.4 is 10.0 Å². The van der Waals surface area contributed by atoms with Gasteiger partial charge >= 0.3 is 0 Å². The molecule has 2 N–H and O–H groups in total. The summed E-state index contributed by atoms with van der Waals surface area (Å²) in [6, 6.07) is 15.4. The molecule has 2 aromatic heterocycles. The maximum atomic E-state index is 12.2. The lowest BCUT2D eigenvalue weighted by Crippen LogP contribution is -2.18. The van der Waals surface area contributed by atoms with Crippen molar-refractivity contribution in [2.24, 2.45) is 0 Å². The molecule has 1 amide bonds. The van der Waals surface area contributed by atoms with Gasteiger partial charge in [-0.1, -0.05) is 24.3 Å². The summed E-state index contributed by atoms with van der Waals surface area (Å²) in [6.07, 6.45) is 8.47. The number of carbonyl (C=O) groups excluding carboxylic acids is 1. The van der Waals surface area contributed by atoms with Crippen LogP contribution in [0, 0.1) is 0 Å². The zero-order valence-electron chi connectivity index (χ0n) is 16.6. The molecule has 0 saturated heterocycles. The Morgan fingerprint density at radius 3 is 2.48 bits per heavy atom. The number of nitrogens with one attached hydrogen (secondary N) is 2. The van der Waals surface area contributed by atoms with Crippen molar-refractivity contribution in [1.82, 2.24) is 19.1 Å². The van der Waals surface area contributed by atoms with Gasteiger partial charge in [-0.2, -0.15) is 0 Å². The number of carbonyl (C=O) groups is 1. The van der Waals surface area contributed by atoms with Crippen LogP contribution in [0.5, 0.6) is 0 Å². The van der Waals surface area contributed by atoms with Crippen LogP contribution in [0.1, 0.15) is 5.56 Å². The van der Waals surface area contributed by atoms with Gasteiger partial charge in [0.05, 0.1) is 10.6 Å². The summed E-state index contributed by atoms with van der Waals surface area (Å²) < 4.78 is 27.6. The van der Waals surface area contributed by atoms with Gasteiger partial charge in [-0.05, 0) is 49.0 Å². The van der Waals surface area contributed by atoms with Crippen LogP contribution in [0.2, 0.25) is 0 Å². The highest BCUT2D eigenvalue weighted by atomic mass is 32.2. The van der Waals surface area contributed by atoms with E-state index in [4.69, 9.17) is 0 Å². The average Bonchev–Trinajstić information content (AvgIpc) is 3.23. The molecular formula is C22H19N5O3S. The molecule has 4 aromatic rings. The second-order valence-corrected chi connectivity index (χ2v) is 8.52. The number of sulfonamides is 1. The van der Waals surface area contributed by atoms with Crippen molar-refractivity contribution < 1.29 is 13.2 Å². The van der Waals surface area contributed by atoms with Crippen molar-refractivity contribution in [1.29, 1.82) is 0 Å². The van der Waals surface area contributed by atoms with E-state index < -0.39 is 10.0 Å². The summed E-state index contributed by atoms with van der Waals surface area (Å²) in [5.41, 5.74) is 3.06. The summed E-state index contributed by atoms with van der Waals surface area (Å²) >= 11 is 0. The first kappa shape index (κ1) is 20.5. The highest BCUT2D eigenvalue weighted by Crippen LogP contribution is 2.21. The Morgan fingerprint density at radius 1 is 1.06 bits per heavy atom. The zero-order valence-corrected chi connectivity index (χ0v) is 17.4. The van der Waals surface area contributed by atoms with E-state index in [0.29, 0.717) is 17.0 Å². The third kappa shape index (κ3) is 4.68. The van der Waals surface area contributed by atoms with Gasteiger partial charge in [0.25, 0.3) is 0 Å². The van der Waals surface area contributed by atoms with E-state index in [1.165, 1.54) is 25.3 Å². The lowest BCUT2D eigenvalue weighted by molar-refractivity contribution is -0.111. The average molecular weight is 433 g/mol. The van der Waals surface area contributed by atoms with Crippen molar-refractivity contribution in [2.75, 3.05) is 12.4 Å². The highest BCUT2D eigenvalue weighted by Gasteiger charge is 2.10. The number of nitrogens with zero attached hydrogens (tertiary/aromatic N) is 3. The van der Waals surface area contributed by atoms with Crippen LogP contribution in [-0.2, 0) is 14.8 Å². The third-order valence-corrected chi connectivity index (χ3v) is 6.00. The molecule has 0 bridgehead atoms. The summed E-state index contributed by atoms with van der Waals surface area (Å²) in [5.74, 6) is 0.327. The smallest absolute Gasteiger partial charge is 0.248 e. The van der Waals surface area contributed by atoms with Crippen LogP contribution in [0.3, 0.4) is 0 Å². The molecule has 31 heavy (non-hydrogen) atoms. The van der Waals surface area contributed by atoms with E-state index in [0.717, 1.165) is 11.3 Å². The van der Waals surface area contributed by atoms with Gasteiger partial charge in [-0.3, -0.25) is 9.20 Å². The Labute approximate surface area is 179 Å². The minimum atomic E-state index is -3.48. The van der Waals surface area contributed by atoms with Crippen LogP contribution in [0.4, 0.5) is 5.69 Å². The Balaban J connectivity index is 1.40. The van der Waals surface area contributed by atoms with Crippen LogP contribution in [-0.4, -0.2) is 35.7 Å². The summed E-state index contributed by atoms with van der Waals surface area (Å²) in [4.78, 5) is 21.0. The minimum Gasteiger partial charge on any atom is -0.323 e. The molecular weight excluding hydrogens is 414 g/mol. The molecule has 0 radical (unpaired) electrons. The quantitative estimate of drug-likeness (QED) is 0.455. The number of aromatic nitrogens is 3. The standard InChI is InChI=1S/C22H19N5O3S/c1-23-31(29,30)19-10-3-16(4-11-19)5-12-21(28)25-18-8-6-17(7-9-18)20-15-27-14-2-13-24-22(27)26-20/h2-15,23H,1H3,(H,25,28)/b12-5+. The number of hydrogen-bond donors (Lipinski definition) is 2. The Morgan fingerprint density at radius 2 is 1.81 bits per heavy atom. The van der Waals surface area contributed by atoms with Gasteiger partial charge in [-0.15, -0.1) is 0 Å². The molecule has 0 aliphatic rings. The molecule has 0 spiro atoms. The molecule has 0 aliphatic carbocycles. The molecule has 2 aromatic carbocycles. The monoisotopic (exact) mass is 433 g/mol. The normalized spacial score (nSPS) is 11.8. The largest absolute Gasteiger partial charge is 0.323 e. The number of fused-ring (bicyclic) bond motifs is 1. The lowest BCUT2D eigenvalue weighted by atomic mass is 10.1.